The molecule has 1 aromatic carbocycles. The fourth-order valence-electron chi connectivity index (χ4n) is 2.34. The number of aliphatic hydroxyl groups is 1. The highest BCUT2D eigenvalue weighted by molar-refractivity contribution is 7.80. The molecule has 1 unspecified atom stereocenters. The zero-order valence-electron chi connectivity index (χ0n) is 13.9. The summed E-state index contributed by atoms with van der Waals surface area (Å²) < 4.78 is 0. The van der Waals surface area contributed by atoms with Crippen molar-refractivity contribution in [1.82, 2.24) is 16.0 Å². The Kier molecular flexibility index (Phi) is 5.46. The van der Waals surface area contributed by atoms with E-state index in [4.69, 9.17) is 12.2 Å². The van der Waals surface area contributed by atoms with Crippen LogP contribution in [0.15, 0.2) is 42.1 Å². The molecule has 0 bridgehead atoms. The van der Waals surface area contributed by atoms with E-state index in [2.05, 4.69) is 16.0 Å². The Balaban J connectivity index is 1.71. The van der Waals surface area contributed by atoms with Gasteiger partial charge < -0.3 is 15.7 Å². The molecule has 1 aliphatic rings. The number of hydrogen-bond donors (Lipinski definition) is 4. The molecule has 1 saturated heterocycles. The third-order valence-electron chi connectivity index (χ3n) is 3.62. The molecule has 1 atom stereocenters. The number of thiophene rings is 1. The second-order valence-corrected chi connectivity index (χ2v) is 7.33. The van der Waals surface area contributed by atoms with Crippen molar-refractivity contribution in [2.75, 3.05) is 6.54 Å². The van der Waals surface area contributed by atoms with Gasteiger partial charge in [-0.05, 0) is 55.0 Å². The molecule has 134 valence electrons. The van der Waals surface area contributed by atoms with Crippen molar-refractivity contribution >= 4 is 46.6 Å². The van der Waals surface area contributed by atoms with Crippen molar-refractivity contribution in [1.29, 1.82) is 0 Å². The molecule has 26 heavy (non-hydrogen) atoms. The third-order valence-corrected chi connectivity index (χ3v) is 4.91. The van der Waals surface area contributed by atoms with Crippen LogP contribution in [-0.2, 0) is 4.79 Å². The van der Waals surface area contributed by atoms with Crippen molar-refractivity contribution in [2.45, 2.75) is 13.0 Å². The van der Waals surface area contributed by atoms with Crippen LogP contribution in [0.4, 0.5) is 0 Å². The van der Waals surface area contributed by atoms with Gasteiger partial charge in [0.05, 0.1) is 6.10 Å². The lowest BCUT2D eigenvalue weighted by Gasteiger charge is -2.07. The van der Waals surface area contributed by atoms with Crippen LogP contribution in [0.3, 0.4) is 0 Å². The summed E-state index contributed by atoms with van der Waals surface area (Å²) in [5.74, 6) is -0.458. The first-order chi connectivity index (χ1) is 12.4. The van der Waals surface area contributed by atoms with Crippen molar-refractivity contribution in [3.05, 3.63) is 52.5 Å². The Morgan fingerprint density at radius 1 is 1.27 bits per heavy atom. The van der Waals surface area contributed by atoms with E-state index in [1.54, 1.807) is 25.1 Å². The Bertz CT molecular complexity index is 885. The summed E-state index contributed by atoms with van der Waals surface area (Å²) in [6, 6.07) is 11.1. The number of carbonyl (C=O) groups is 2. The van der Waals surface area contributed by atoms with E-state index in [1.807, 2.05) is 24.3 Å². The first-order valence-electron chi connectivity index (χ1n) is 7.93. The van der Waals surface area contributed by atoms with Crippen LogP contribution in [0.1, 0.15) is 22.2 Å². The highest BCUT2D eigenvalue weighted by Crippen LogP contribution is 2.29. The molecule has 4 N–H and O–H groups in total. The number of thiocarbonyl (C=S) groups is 1. The van der Waals surface area contributed by atoms with Gasteiger partial charge in [0.15, 0.2) is 5.11 Å². The van der Waals surface area contributed by atoms with Crippen LogP contribution in [0.5, 0.6) is 0 Å². The van der Waals surface area contributed by atoms with Gasteiger partial charge in [0, 0.05) is 21.9 Å². The quantitative estimate of drug-likeness (QED) is 0.465. The van der Waals surface area contributed by atoms with E-state index in [1.165, 1.54) is 11.3 Å². The minimum absolute atomic E-state index is 0.217. The number of benzene rings is 1. The zero-order chi connectivity index (χ0) is 18.7. The average Bonchev–Trinajstić information content (AvgIpc) is 3.19. The normalized spacial score (nSPS) is 16.3. The summed E-state index contributed by atoms with van der Waals surface area (Å²) in [7, 11) is 0. The lowest BCUT2D eigenvalue weighted by molar-refractivity contribution is -0.115. The number of rotatable bonds is 5. The fraction of sp³-hybridized carbons (Fsp3) is 0.167. The molecule has 1 aliphatic heterocycles. The number of hydrogen-bond acceptors (Lipinski definition) is 5. The van der Waals surface area contributed by atoms with Gasteiger partial charge in [-0.3, -0.25) is 14.9 Å². The maximum absolute atomic E-state index is 12.0. The number of amides is 2. The van der Waals surface area contributed by atoms with E-state index in [0.29, 0.717) is 16.4 Å². The first kappa shape index (κ1) is 18.2. The van der Waals surface area contributed by atoms with Crippen LogP contribution in [-0.4, -0.2) is 34.7 Å². The highest BCUT2D eigenvalue weighted by Gasteiger charge is 2.20. The molecular weight excluding hydrogens is 370 g/mol. The molecule has 1 aromatic heterocycles. The lowest BCUT2D eigenvalue weighted by atomic mass is 10.1. The molecule has 8 heteroatoms. The van der Waals surface area contributed by atoms with Crippen LogP contribution < -0.4 is 16.0 Å². The first-order valence-corrected chi connectivity index (χ1v) is 9.15. The van der Waals surface area contributed by atoms with E-state index < -0.39 is 6.10 Å². The molecule has 2 amide bonds. The fourth-order valence-corrected chi connectivity index (χ4v) is 3.50. The molecular formula is C18H17N3O3S2. The smallest absolute Gasteiger partial charge is 0.273 e. The molecule has 0 radical (unpaired) electrons. The summed E-state index contributed by atoms with van der Waals surface area (Å²) in [5.41, 5.74) is 1.94. The molecule has 0 spiro atoms. The topological polar surface area (TPSA) is 90.5 Å². The van der Waals surface area contributed by atoms with E-state index >= 15 is 0 Å². The second-order valence-electron chi connectivity index (χ2n) is 5.80. The van der Waals surface area contributed by atoms with Crippen molar-refractivity contribution in [3.8, 4) is 10.4 Å². The molecule has 1 fully saturated rings. The van der Waals surface area contributed by atoms with Gasteiger partial charge in [-0.2, -0.15) is 0 Å². The number of aliphatic hydroxyl groups excluding tert-OH is 1. The molecule has 2 aromatic rings. The largest absolute Gasteiger partial charge is 0.392 e. The molecule has 0 aliphatic carbocycles. The Morgan fingerprint density at radius 3 is 2.62 bits per heavy atom. The summed E-state index contributed by atoms with van der Waals surface area (Å²) in [6.45, 7) is 1.83. The second kappa shape index (κ2) is 7.77. The SMILES string of the molecule is CC(O)CNC(=O)c1ccc(-c2ccc(/C=C3\NC(=S)NC3=O)s2)cc1. The van der Waals surface area contributed by atoms with Crippen LogP contribution in [0.2, 0.25) is 0 Å². The predicted molar refractivity (Wildman–Crippen MR) is 106 cm³/mol. The van der Waals surface area contributed by atoms with Gasteiger partial charge >= 0.3 is 0 Å². The van der Waals surface area contributed by atoms with E-state index in [9.17, 15) is 14.7 Å². The number of nitrogens with one attached hydrogen (secondary N) is 3. The van der Waals surface area contributed by atoms with Gasteiger partial charge in [0.25, 0.3) is 11.8 Å². The molecule has 2 heterocycles. The van der Waals surface area contributed by atoms with E-state index in [0.717, 1.165) is 15.3 Å². The van der Waals surface area contributed by atoms with Gasteiger partial charge in [-0.25, -0.2) is 0 Å². The Hall–Kier alpha value is -2.55. The van der Waals surface area contributed by atoms with Crippen molar-refractivity contribution in [2.24, 2.45) is 0 Å². The molecule has 6 nitrogen and oxygen atoms in total. The minimum Gasteiger partial charge on any atom is -0.392 e. The predicted octanol–water partition coefficient (Wildman–Crippen LogP) is 1.87. The highest BCUT2D eigenvalue weighted by atomic mass is 32.1. The lowest BCUT2D eigenvalue weighted by Crippen LogP contribution is -2.30. The van der Waals surface area contributed by atoms with Crippen molar-refractivity contribution < 1.29 is 14.7 Å². The summed E-state index contributed by atoms with van der Waals surface area (Å²) >= 11 is 6.44. The third kappa shape index (κ3) is 4.34. The summed E-state index contributed by atoms with van der Waals surface area (Å²) in [4.78, 5) is 25.6. The Morgan fingerprint density at radius 2 is 2.00 bits per heavy atom. The summed E-state index contributed by atoms with van der Waals surface area (Å²) in [5, 5.41) is 17.5. The van der Waals surface area contributed by atoms with Crippen molar-refractivity contribution in [3.63, 3.8) is 0 Å². The van der Waals surface area contributed by atoms with Crippen LogP contribution in [0, 0.1) is 0 Å². The van der Waals surface area contributed by atoms with Crippen LogP contribution >= 0.6 is 23.6 Å². The average molecular weight is 387 g/mol. The minimum atomic E-state index is -0.581. The van der Waals surface area contributed by atoms with Gasteiger partial charge in [-0.1, -0.05) is 12.1 Å². The van der Waals surface area contributed by atoms with Gasteiger partial charge in [0.1, 0.15) is 5.70 Å². The molecule has 3 rings (SSSR count). The Labute approximate surface area is 159 Å². The standard InChI is InChI=1S/C18H17N3O3S2/c1-10(22)9-19-16(23)12-4-2-11(3-5-12)15-7-6-13(26-15)8-14-17(24)21-18(25)20-14/h2-8,10,22H,9H2,1H3,(H,19,23)(H2,20,21,24,25)/b14-8-. The van der Waals surface area contributed by atoms with Gasteiger partial charge in [0.2, 0.25) is 0 Å². The zero-order valence-corrected chi connectivity index (χ0v) is 15.5. The van der Waals surface area contributed by atoms with Crippen LogP contribution in [0.25, 0.3) is 16.5 Å². The van der Waals surface area contributed by atoms with E-state index in [-0.39, 0.29) is 18.4 Å². The maximum Gasteiger partial charge on any atom is 0.273 e. The molecule has 0 saturated carbocycles. The summed E-state index contributed by atoms with van der Waals surface area (Å²) in [6.07, 6.45) is 1.17. The maximum atomic E-state index is 12.0. The number of carbonyl (C=O) groups excluding carboxylic acids is 2. The monoisotopic (exact) mass is 387 g/mol. The van der Waals surface area contributed by atoms with Gasteiger partial charge in [-0.15, -0.1) is 11.3 Å².